The lowest BCUT2D eigenvalue weighted by molar-refractivity contribution is -0.393. The summed E-state index contributed by atoms with van der Waals surface area (Å²) >= 11 is 0. The molecule has 1 atom stereocenters. The molecule has 0 aromatic heterocycles. The topological polar surface area (TPSA) is 203 Å². The van der Waals surface area contributed by atoms with Crippen LogP contribution in [0.3, 0.4) is 0 Å². The van der Waals surface area contributed by atoms with Gasteiger partial charge in [0.25, 0.3) is 11.4 Å². The van der Waals surface area contributed by atoms with Crippen molar-refractivity contribution in [3.63, 3.8) is 0 Å². The Labute approximate surface area is 229 Å². The van der Waals surface area contributed by atoms with E-state index >= 15 is 0 Å². The zero-order valence-corrected chi connectivity index (χ0v) is 21.8. The molecule has 2 aromatic carbocycles. The van der Waals surface area contributed by atoms with Gasteiger partial charge in [0, 0.05) is 24.7 Å². The zero-order valence-electron chi connectivity index (χ0n) is 21.8. The van der Waals surface area contributed by atoms with Crippen LogP contribution in [0.4, 0.5) is 27.5 Å². The van der Waals surface area contributed by atoms with Crippen LogP contribution in [0.1, 0.15) is 32.6 Å². The molecule has 15 nitrogen and oxygen atoms in total. The first kappa shape index (κ1) is 31.4. The molecule has 0 heterocycles. The van der Waals surface area contributed by atoms with Crippen molar-refractivity contribution in [3.8, 4) is 0 Å². The number of carbonyl (C=O) groups is 3. The summed E-state index contributed by atoms with van der Waals surface area (Å²) in [5.74, 6) is -1.80. The Morgan fingerprint density at radius 3 is 2.38 bits per heavy atom. The third-order valence-corrected chi connectivity index (χ3v) is 5.48. The quantitative estimate of drug-likeness (QED) is 0.110. The van der Waals surface area contributed by atoms with Gasteiger partial charge in [0.2, 0.25) is 5.91 Å². The second-order valence-electron chi connectivity index (χ2n) is 8.37. The second-order valence-corrected chi connectivity index (χ2v) is 8.37. The van der Waals surface area contributed by atoms with Crippen molar-refractivity contribution in [2.75, 3.05) is 36.7 Å². The highest BCUT2D eigenvalue weighted by Crippen LogP contribution is 2.28. The molecule has 0 spiro atoms. The van der Waals surface area contributed by atoms with E-state index in [1.807, 2.05) is 0 Å². The number of nitrogens with one attached hydrogen (secondary N) is 2. The number of ether oxygens (including phenoxy) is 2. The summed E-state index contributed by atoms with van der Waals surface area (Å²) in [6, 6.07) is 10.5. The van der Waals surface area contributed by atoms with E-state index in [0.29, 0.717) is 31.5 Å². The third kappa shape index (κ3) is 10.2. The van der Waals surface area contributed by atoms with Crippen molar-refractivity contribution < 1.29 is 38.8 Å². The van der Waals surface area contributed by atoms with E-state index in [0.717, 1.165) is 12.1 Å². The number of nitro benzene ring substituents is 2. The molecule has 0 aliphatic carbocycles. The van der Waals surface area contributed by atoms with Gasteiger partial charge < -0.3 is 25.2 Å². The number of benzene rings is 2. The predicted octanol–water partition coefficient (Wildman–Crippen LogP) is 3.68. The molecule has 0 radical (unpaired) electrons. The number of para-hydroxylation sites is 1. The third-order valence-electron chi connectivity index (χ3n) is 5.48. The lowest BCUT2D eigenvalue weighted by Gasteiger charge is -2.23. The average molecular weight is 562 g/mol. The molecule has 216 valence electrons. The Bertz CT molecular complexity index is 1180. The highest BCUT2D eigenvalue weighted by Gasteiger charge is 2.23. The molecule has 0 saturated heterocycles. The maximum absolute atomic E-state index is 12.3. The van der Waals surface area contributed by atoms with Gasteiger partial charge >= 0.3 is 12.1 Å². The Kier molecular flexibility index (Phi) is 12.8. The van der Waals surface area contributed by atoms with E-state index in [4.69, 9.17) is 9.47 Å². The van der Waals surface area contributed by atoms with Crippen LogP contribution in [0.2, 0.25) is 0 Å². The first-order valence-electron chi connectivity index (χ1n) is 12.4. The number of nitro groups is 2. The van der Waals surface area contributed by atoms with Gasteiger partial charge in [-0.05, 0) is 38.0 Å². The fourth-order valence-corrected chi connectivity index (χ4v) is 3.49. The van der Waals surface area contributed by atoms with E-state index in [1.165, 1.54) is 11.0 Å². The number of hydrogen-bond acceptors (Lipinski definition) is 10. The first-order chi connectivity index (χ1) is 19.1. The van der Waals surface area contributed by atoms with E-state index in [9.17, 15) is 39.7 Å². The summed E-state index contributed by atoms with van der Waals surface area (Å²) in [7, 11) is 0. The van der Waals surface area contributed by atoms with Gasteiger partial charge in [-0.15, -0.1) is 0 Å². The van der Waals surface area contributed by atoms with Crippen molar-refractivity contribution in [1.82, 2.24) is 5.32 Å². The molecule has 2 aromatic rings. The Morgan fingerprint density at radius 1 is 1.02 bits per heavy atom. The number of amides is 2. The minimum atomic E-state index is -1.34. The summed E-state index contributed by atoms with van der Waals surface area (Å²) in [6.45, 7) is 1.44. The van der Waals surface area contributed by atoms with Gasteiger partial charge in [0.1, 0.15) is 12.4 Å². The molecule has 2 amide bonds. The summed E-state index contributed by atoms with van der Waals surface area (Å²) < 4.78 is 10.4. The minimum absolute atomic E-state index is 0.0421. The number of anilines is 2. The monoisotopic (exact) mass is 561 g/mol. The Hall–Kier alpha value is -4.79. The number of nitrogens with zero attached hydrogens (tertiary/aromatic N) is 3. The number of hydrogen-bond donors (Lipinski definition) is 3. The van der Waals surface area contributed by atoms with Gasteiger partial charge in [-0.3, -0.25) is 29.9 Å². The lowest BCUT2D eigenvalue weighted by atomic mass is 10.1. The maximum atomic E-state index is 12.3. The van der Waals surface area contributed by atoms with Crippen LogP contribution in [-0.4, -0.2) is 65.5 Å². The highest BCUT2D eigenvalue weighted by molar-refractivity contribution is 5.87. The molecule has 0 fully saturated rings. The molecule has 3 N–H and O–H groups in total. The van der Waals surface area contributed by atoms with Crippen LogP contribution >= 0.6 is 0 Å². The van der Waals surface area contributed by atoms with E-state index in [2.05, 4.69) is 10.6 Å². The molecule has 0 saturated carbocycles. The van der Waals surface area contributed by atoms with Gasteiger partial charge in [-0.2, -0.15) is 0 Å². The number of unbranched alkanes of at least 4 members (excludes halogenated alkanes) is 2. The fraction of sp³-hybridized carbons (Fsp3) is 0.400. The van der Waals surface area contributed by atoms with E-state index in [-0.39, 0.29) is 37.7 Å². The molecule has 15 heteroatoms. The summed E-state index contributed by atoms with van der Waals surface area (Å²) in [4.78, 5) is 57.9. The van der Waals surface area contributed by atoms with Gasteiger partial charge in [0.05, 0.1) is 29.1 Å². The van der Waals surface area contributed by atoms with E-state index < -0.39 is 39.5 Å². The molecule has 40 heavy (non-hydrogen) atoms. The molecule has 0 bridgehead atoms. The number of carboxylic acid groups (broad SMARTS) is 1. The normalized spacial score (nSPS) is 11.2. The van der Waals surface area contributed by atoms with Crippen molar-refractivity contribution in [2.24, 2.45) is 0 Å². The van der Waals surface area contributed by atoms with Gasteiger partial charge in [0.15, 0.2) is 6.04 Å². The largest absolute Gasteiger partial charge is 0.480 e. The smallest absolute Gasteiger partial charge is 0.416 e. The van der Waals surface area contributed by atoms with Crippen LogP contribution in [0, 0.1) is 20.2 Å². The van der Waals surface area contributed by atoms with Crippen molar-refractivity contribution in [3.05, 3.63) is 68.8 Å². The molecule has 2 rings (SSSR count). The van der Waals surface area contributed by atoms with Crippen molar-refractivity contribution in [1.29, 1.82) is 0 Å². The van der Waals surface area contributed by atoms with Crippen molar-refractivity contribution in [2.45, 2.75) is 38.6 Å². The van der Waals surface area contributed by atoms with Crippen LogP contribution in [0.5, 0.6) is 0 Å². The zero-order chi connectivity index (χ0) is 29.5. The molecular formula is C25H31N5O10. The van der Waals surface area contributed by atoms with Crippen LogP contribution in [-0.2, 0) is 19.1 Å². The van der Waals surface area contributed by atoms with Crippen LogP contribution in [0.15, 0.2) is 48.5 Å². The van der Waals surface area contributed by atoms with Crippen LogP contribution < -0.4 is 15.5 Å². The fourth-order valence-electron chi connectivity index (χ4n) is 3.49. The van der Waals surface area contributed by atoms with Crippen molar-refractivity contribution >= 4 is 40.7 Å². The van der Waals surface area contributed by atoms with E-state index in [1.54, 1.807) is 37.3 Å². The standard InChI is InChI=1S/C25H31N5O10/c1-2-40-25(34)28(18-9-5-3-6-10-18)17-39-16-21(24(32)33)27-23(31)11-7-4-8-14-26-20-13-12-19(29(35)36)15-22(20)30(37)38/h3,5-6,9-10,12-13,15,21,26H,2,4,7-8,11,14,16-17H2,1H3,(H,27,31)(H,32,33)/t21-/m0/s1. The lowest BCUT2D eigenvalue weighted by Crippen LogP contribution is -2.45. The number of aliphatic carboxylic acids is 1. The van der Waals surface area contributed by atoms with Gasteiger partial charge in [-0.25, -0.2) is 9.59 Å². The summed E-state index contributed by atoms with van der Waals surface area (Å²) in [6.07, 6.45) is 0.896. The Morgan fingerprint density at radius 2 is 1.75 bits per heavy atom. The molecular weight excluding hydrogens is 530 g/mol. The average Bonchev–Trinajstić information content (AvgIpc) is 2.92. The molecule has 0 aliphatic heterocycles. The Balaban J connectivity index is 1.76. The first-order valence-corrected chi connectivity index (χ1v) is 12.4. The SMILES string of the molecule is CCOC(=O)N(COC[C@H](NC(=O)CCCCCNc1ccc([N+](=O)[O-])cc1[N+](=O)[O-])C(=O)O)c1ccccc1. The summed E-state index contributed by atoms with van der Waals surface area (Å²) in [5, 5.41) is 36.7. The molecule has 0 unspecified atom stereocenters. The van der Waals surface area contributed by atoms with Gasteiger partial charge in [-0.1, -0.05) is 24.6 Å². The summed E-state index contributed by atoms with van der Waals surface area (Å²) in [5.41, 5.74) is -0.161. The van der Waals surface area contributed by atoms with Crippen LogP contribution in [0.25, 0.3) is 0 Å². The minimum Gasteiger partial charge on any atom is -0.480 e. The highest BCUT2D eigenvalue weighted by atomic mass is 16.6. The number of non-ortho nitro benzene ring substituents is 1. The number of rotatable bonds is 17. The number of carboxylic acids is 1. The second kappa shape index (κ2) is 16.2. The predicted molar refractivity (Wildman–Crippen MR) is 143 cm³/mol. The molecule has 0 aliphatic rings. The number of carbonyl (C=O) groups excluding carboxylic acids is 2. The maximum Gasteiger partial charge on any atom is 0.416 e.